The maximum atomic E-state index is 12.4. The van der Waals surface area contributed by atoms with E-state index in [9.17, 15) is 9.59 Å². The lowest BCUT2D eigenvalue weighted by molar-refractivity contribution is 0.0920. The molecule has 8 heteroatoms. The average molecular weight is 409 g/mol. The van der Waals surface area contributed by atoms with Crippen LogP contribution in [0.2, 0.25) is 0 Å². The molecule has 0 fully saturated rings. The van der Waals surface area contributed by atoms with Crippen molar-refractivity contribution in [3.63, 3.8) is 0 Å². The van der Waals surface area contributed by atoms with Gasteiger partial charge in [0.15, 0.2) is 0 Å². The van der Waals surface area contributed by atoms with Gasteiger partial charge in [-0.15, -0.1) is 0 Å². The summed E-state index contributed by atoms with van der Waals surface area (Å²) in [6.45, 7) is 6.64. The number of benzene rings is 1. The van der Waals surface area contributed by atoms with Crippen LogP contribution in [-0.4, -0.2) is 39.6 Å². The van der Waals surface area contributed by atoms with Crippen molar-refractivity contribution in [3.8, 4) is 22.7 Å². The van der Waals surface area contributed by atoms with Crippen molar-refractivity contribution >= 4 is 11.8 Å². The monoisotopic (exact) mass is 409 g/mol. The molecule has 0 aliphatic carbocycles. The fraction of sp³-hybridized carbons (Fsp3) is 0.364. The van der Waals surface area contributed by atoms with Crippen LogP contribution in [0.25, 0.3) is 22.7 Å². The Bertz CT molecular complexity index is 1000. The molecule has 0 atom stereocenters. The molecule has 2 heterocycles. The highest BCUT2D eigenvalue weighted by atomic mass is 16.4. The Morgan fingerprint density at radius 1 is 1.10 bits per heavy atom. The quantitative estimate of drug-likeness (QED) is 0.498. The number of amides is 2. The van der Waals surface area contributed by atoms with Gasteiger partial charge in [0.1, 0.15) is 5.69 Å². The zero-order valence-electron chi connectivity index (χ0n) is 17.5. The fourth-order valence-corrected chi connectivity index (χ4v) is 2.99. The number of nitrogens with one attached hydrogen (secondary N) is 3. The van der Waals surface area contributed by atoms with E-state index >= 15 is 0 Å². The first-order valence-electron chi connectivity index (χ1n) is 10.3. The Kier molecular flexibility index (Phi) is 7.00. The number of hydrogen-bond acceptors (Lipinski definition) is 5. The number of nitrogens with zero attached hydrogens (tertiary/aromatic N) is 2. The van der Waals surface area contributed by atoms with Crippen LogP contribution in [-0.2, 0) is 0 Å². The Morgan fingerprint density at radius 2 is 1.87 bits per heavy atom. The van der Waals surface area contributed by atoms with Gasteiger partial charge in [0, 0.05) is 23.7 Å². The Hall–Kier alpha value is -3.42. The third-order valence-corrected chi connectivity index (χ3v) is 4.81. The molecule has 8 nitrogen and oxygen atoms in total. The van der Waals surface area contributed by atoms with Crippen LogP contribution in [0, 0.1) is 0 Å². The van der Waals surface area contributed by atoms with Crippen molar-refractivity contribution < 1.29 is 14.0 Å². The fourth-order valence-electron chi connectivity index (χ4n) is 2.99. The van der Waals surface area contributed by atoms with Crippen molar-refractivity contribution in [2.45, 2.75) is 46.1 Å². The number of rotatable bonds is 9. The summed E-state index contributed by atoms with van der Waals surface area (Å²) < 4.78 is 5.62. The van der Waals surface area contributed by atoms with Gasteiger partial charge in [0.05, 0.1) is 11.9 Å². The molecule has 2 aromatic heterocycles. The largest absolute Gasteiger partial charge is 0.431 e. The molecule has 0 saturated carbocycles. The zero-order chi connectivity index (χ0) is 21.5. The van der Waals surface area contributed by atoms with E-state index in [0.717, 1.165) is 24.8 Å². The minimum absolute atomic E-state index is 0.140. The first-order chi connectivity index (χ1) is 14.5. The third-order valence-electron chi connectivity index (χ3n) is 4.81. The molecule has 3 N–H and O–H groups in total. The molecule has 0 saturated heterocycles. The second kappa shape index (κ2) is 9.87. The van der Waals surface area contributed by atoms with Gasteiger partial charge in [-0.3, -0.25) is 14.7 Å². The summed E-state index contributed by atoms with van der Waals surface area (Å²) in [4.78, 5) is 28.6. The Balaban J connectivity index is 1.77. The topological polar surface area (TPSA) is 113 Å². The van der Waals surface area contributed by atoms with E-state index in [-0.39, 0.29) is 23.6 Å². The number of carbonyl (C=O) groups excluding carboxylic acids is 2. The minimum atomic E-state index is -0.285. The van der Waals surface area contributed by atoms with Crippen molar-refractivity contribution in [1.29, 1.82) is 0 Å². The van der Waals surface area contributed by atoms with Crippen molar-refractivity contribution in [3.05, 3.63) is 48.0 Å². The van der Waals surface area contributed by atoms with E-state index in [0.29, 0.717) is 29.4 Å². The summed E-state index contributed by atoms with van der Waals surface area (Å²) in [5, 5.41) is 12.8. The first-order valence-corrected chi connectivity index (χ1v) is 10.3. The first kappa shape index (κ1) is 21.3. The third kappa shape index (κ3) is 4.94. The van der Waals surface area contributed by atoms with E-state index in [1.165, 1.54) is 6.20 Å². The molecule has 0 aliphatic heterocycles. The smallest absolute Gasteiger partial charge is 0.288 e. The molecule has 0 spiro atoms. The van der Waals surface area contributed by atoms with Crippen LogP contribution >= 0.6 is 0 Å². The number of hydrogen-bond donors (Lipinski definition) is 3. The highest BCUT2D eigenvalue weighted by Crippen LogP contribution is 2.25. The summed E-state index contributed by atoms with van der Waals surface area (Å²) in [6.07, 6.45) is 4.01. The van der Waals surface area contributed by atoms with Gasteiger partial charge in [-0.1, -0.05) is 32.9 Å². The number of aromatic amines is 1. The standard InChI is InChI=1S/C22H27N5O3/c1-4-10-23-21(29)19-13-24-22(30-19)15-9-7-8-14(11-15)17-12-18(27-26-17)20(28)25-16(5-2)6-3/h7-9,11-13,16H,4-6,10H2,1-3H3,(H,23,29)(H,25,28)(H,26,27). The molecule has 0 unspecified atom stereocenters. The summed E-state index contributed by atoms with van der Waals surface area (Å²) in [5.74, 6) is 0.0610. The molecule has 3 aromatic rings. The van der Waals surface area contributed by atoms with Crippen molar-refractivity contribution in [1.82, 2.24) is 25.8 Å². The molecule has 0 bridgehead atoms. The van der Waals surface area contributed by atoms with Crippen LogP contribution in [0.3, 0.4) is 0 Å². The van der Waals surface area contributed by atoms with Gasteiger partial charge in [-0.25, -0.2) is 4.98 Å². The van der Waals surface area contributed by atoms with Crippen LogP contribution in [0.5, 0.6) is 0 Å². The minimum Gasteiger partial charge on any atom is -0.431 e. The molecule has 3 rings (SSSR count). The van der Waals surface area contributed by atoms with Gasteiger partial charge in [0.25, 0.3) is 11.8 Å². The van der Waals surface area contributed by atoms with E-state index in [2.05, 4.69) is 25.8 Å². The highest BCUT2D eigenvalue weighted by molar-refractivity contribution is 5.93. The highest BCUT2D eigenvalue weighted by Gasteiger charge is 2.16. The van der Waals surface area contributed by atoms with Crippen LogP contribution in [0.1, 0.15) is 61.1 Å². The summed E-state index contributed by atoms with van der Waals surface area (Å²) >= 11 is 0. The molecule has 30 heavy (non-hydrogen) atoms. The normalized spacial score (nSPS) is 10.9. The van der Waals surface area contributed by atoms with Gasteiger partial charge in [-0.05, 0) is 37.5 Å². The van der Waals surface area contributed by atoms with Gasteiger partial charge in [-0.2, -0.15) is 5.10 Å². The maximum Gasteiger partial charge on any atom is 0.288 e. The lowest BCUT2D eigenvalue weighted by atomic mass is 10.1. The molecule has 158 valence electrons. The number of oxazole rings is 1. The molecule has 0 aliphatic rings. The lowest BCUT2D eigenvalue weighted by Crippen LogP contribution is -2.33. The number of carbonyl (C=O) groups is 2. The molecule has 1 aromatic carbocycles. The molecular weight excluding hydrogens is 382 g/mol. The predicted molar refractivity (Wildman–Crippen MR) is 114 cm³/mol. The van der Waals surface area contributed by atoms with Crippen LogP contribution < -0.4 is 10.6 Å². The predicted octanol–water partition coefficient (Wildman–Crippen LogP) is 3.79. The number of H-pyrrole nitrogens is 1. The van der Waals surface area contributed by atoms with Gasteiger partial charge < -0.3 is 15.1 Å². The van der Waals surface area contributed by atoms with Crippen LogP contribution in [0.4, 0.5) is 0 Å². The SMILES string of the molecule is CCCNC(=O)c1cnc(-c2cccc(-c3cc(C(=O)NC(CC)CC)[nH]n3)c2)o1. The number of aromatic nitrogens is 3. The van der Waals surface area contributed by atoms with Gasteiger partial charge in [0.2, 0.25) is 11.7 Å². The van der Waals surface area contributed by atoms with Crippen molar-refractivity contribution in [2.24, 2.45) is 0 Å². The summed E-state index contributed by atoms with van der Waals surface area (Å²) in [5.41, 5.74) is 2.57. The second-order valence-corrected chi connectivity index (χ2v) is 7.02. The van der Waals surface area contributed by atoms with E-state index in [4.69, 9.17) is 4.42 Å². The van der Waals surface area contributed by atoms with Gasteiger partial charge >= 0.3 is 0 Å². The summed E-state index contributed by atoms with van der Waals surface area (Å²) in [6, 6.07) is 9.30. The Labute approximate surface area is 175 Å². The zero-order valence-corrected chi connectivity index (χ0v) is 17.5. The molecule has 0 radical (unpaired) electrons. The van der Waals surface area contributed by atoms with E-state index in [1.807, 2.05) is 45.0 Å². The Morgan fingerprint density at radius 3 is 2.60 bits per heavy atom. The maximum absolute atomic E-state index is 12.4. The van der Waals surface area contributed by atoms with E-state index < -0.39 is 0 Å². The second-order valence-electron chi connectivity index (χ2n) is 7.02. The van der Waals surface area contributed by atoms with E-state index in [1.54, 1.807) is 6.07 Å². The summed E-state index contributed by atoms with van der Waals surface area (Å²) in [7, 11) is 0. The van der Waals surface area contributed by atoms with Crippen molar-refractivity contribution in [2.75, 3.05) is 6.54 Å². The molecular formula is C22H27N5O3. The molecule has 2 amide bonds. The average Bonchev–Trinajstić information content (AvgIpc) is 3.46. The van der Waals surface area contributed by atoms with Crippen LogP contribution in [0.15, 0.2) is 40.9 Å². The lowest BCUT2D eigenvalue weighted by Gasteiger charge is -2.13.